The number of aromatic nitrogens is 5. The molecular weight excluding hydrogens is 468 g/mol. The van der Waals surface area contributed by atoms with E-state index in [1.165, 1.54) is 19.4 Å². The minimum Gasteiger partial charge on any atom is -0.481 e. The van der Waals surface area contributed by atoms with Crippen LogP contribution in [0.3, 0.4) is 0 Å². The number of methoxy groups -OCH3 is 1. The van der Waals surface area contributed by atoms with E-state index in [9.17, 15) is 13.6 Å². The van der Waals surface area contributed by atoms with Crippen molar-refractivity contribution in [2.45, 2.75) is 32.7 Å². The largest absolute Gasteiger partial charge is 0.481 e. The molecule has 3 aromatic heterocycles. The van der Waals surface area contributed by atoms with Gasteiger partial charge >= 0.3 is 0 Å². The zero-order valence-electron chi connectivity index (χ0n) is 20.0. The molecule has 0 aliphatic carbocycles. The van der Waals surface area contributed by atoms with Crippen molar-refractivity contribution < 1.29 is 18.3 Å². The minimum atomic E-state index is -3.16. The van der Waals surface area contributed by atoms with Crippen LogP contribution in [0.15, 0.2) is 61.3 Å². The number of nitrogens with one attached hydrogen (secondary N) is 2. The Morgan fingerprint density at radius 2 is 1.75 bits per heavy atom. The van der Waals surface area contributed by atoms with E-state index < -0.39 is 11.5 Å². The highest BCUT2D eigenvalue weighted by Gasteiger charge is 2.30. The first-order valence-corrected chi connectivity index (χ1v) is 11.2. The molecule has 0 aliphatic rings. The third kappa shape index (κ3) is 5.98. The van der Waals surface area contributed by atoms with Gasteiger partial charge in [0.2, 0.25) is 17.7 Å². The van der Waals surface area contributed by atoms with Crippen LogP contribution in [-0.2, 0) is 23.7 Å². The SMILES string of the molecule is CCn1cc(Nc2ncc(-c3ccc(CC(=O)Nc4cnc(OC)c(C(C)(F)F)c4)cc3)cn2)cn1. The molecule has 36 heavy (non-hydrogen) atoms. The van der Waals surface area contributed by atoms with Gasteiger partial charge in [0.15, 0.2) is 0 Å². The van der Waals surface area contributed by atoms with E-state index in [0.717, 1.165) is 35.8 Å². The van der Waals surface area contributed by atoms with Crippen molar-refractivity contribution in [3.8, 4) is 17.0 Å². The molecule has 0 saturated carbocycles. The second-order valence-corrected chi connectivity index (χ2v) is 8.10. The zero-order chi connectivity index (χ0) is 25.7. The summed E-state index contributed by atoms with van der Waals surface area (Å²) >= 11 is 0. The summed E-state index contributed by atoms with van der Waals surface area (Å²) in [6.07, 6.45) is 8.34. The molecule has 4 aromatic rings. The van der Waals surface area contributed by atoms with Gasteiger partial charge in [-0.2, -0.15) is 5.10 Å². The maximum Gasteiger partial charge on any atom is 0.275 e. The second-order valence-electron chi connectivity index (χ2n) is 8.10. The third-order valence-corrected chi connectivity index (χ3v) is 5.32. The molecule has 9 nitrogen and oxygen atoms in total. The third-order valence-electron chi connectivity index (χ3n) is 5.32. The topological polar surface area (TPSA) is 107 Å². The summed E-state index contributed by atoms with van der Waals surface area (Å²) in [5.41, 5.74) is 3.04. The number of halogens is 2. The number of ether oxygens (including phenoxy) is 1. The quantitative estimate of drug-likeness (QED) is 0.345. The van der Waals surface area contributed by atoms with Crippen molar-refractivity contribution >= 4 is 23.2 Å². The molecule has 186 valence electrons. The smallest absolute Gasteiger partial charge is 0.275 e. The fraction of sp³-hybridized carbons (Fsp3) is 0.240. The van der Waals surface area contributed by atoms with Gasteiger partial charge in [-0.05, 0) is 24.1 Å². The summed E-state index contributed by atoms with van der Waals surface area (Å²) in [7, 11) is 1.26. The number of anilines is 3. The monoisotopic (exact) mass is 493 g/mol. The molecule has 0 aliphatic heterocycles. The minimum absolute atomic E-state index is 0.0644. The highest BCUT2D eigenvalue weighted by Crippen LogP contribution is 2.34. The Bertz CT molecular complexity index is 1330. The average molecular weight is 494 g/mol. The first-order valence-electron chi connectivity index (χ1n) is 11.2. The van der Waals surface area contributed by atoms with E-state index in [0.29, 0.717) is 5.95 Å². The molecule has 4 rings (SSSR count). The molecule has 1 amide bonds. The van der Waals surface area contributed by atoms with Crippen molar-refractivity contribution in [1.29, 1.82) is 0 Å². The van der Waals surface area contributed by atoms with E-state index in [1.807, 2.05) is 37.4 Å². The Morgan fingerprint density at radius 1 is 1.03 bits per heavy atom. The van der Waals surface area contributed by atoms with Crippen LogP contribution in [0.1, 0.15) is 25.0 Å². The Hall–Kier alpha value is -4.41. The van der Waals surface area contributed by atoms with Gasteiger partial charge in [-0.1, -0.05) is 24.3 Å². The standard InChI is InChI=1S/C25H25F2N7O2/c1-4-34-15-20(14-31-34)33-24-29-11-18(12-30-24)17-7-5-16(6-8-17)9-22(35)32-19-10-21(25(2,26)27)23(36-3)28-13-19/h5-8,10-15H,4,9H2,1-3H3,(H,32,35)(H,29,30,33). The fourth-order valence-electron chi connectivity index (χ4n) is 3.48. The molecular formula is C25H25F2N7O2. The van der Waals surface area contributed by atoms with Crippen molar-refractivity contribution in [2.24, 2.45) is 0 Å². The van der Waals surface area contributed by atoms with Crippen LogP contribution in [0, 0.1) is 0 Å². The van der Waals surface area contributed by atoms with E-state index in [4.69, 9.17) is 4.74 Å². The first kappa shape index (κ1) is 24.7. The predicted octanol–water partition coefficient (Wildman–Crippen LogP) is 4.80. The van der Waals surface area contributed by atoms with Crippen molar-refractivity contribution in [3.05, 3.63) is 72.4 Å². The van der Waals surface area contributed by atoms with E-state index >= 15 is 0 Å². The molecule has 0 saturated heterocycles. The summed E-state index contributed by atoms with van der Waals surface area (Å²) < 4.78 is 34.4. The lowest BCUT2D eigenvalue weighted by atomic mass is 10.0. The average Bonchev–Trinajstić information content (AvgIpc) is 3.32. The Labute approximate surface area is 206 Å². The van der Waals surface area contributed by atoms with Gasteiger partial charge in [0, 0.05) is 37.6 Å². The Balaban J connectivity index is 1.37. The molecule has 0 unspecified atom stereocenters. The summed E-state index contributed by atoms with van der Waals surface area (Å²) in [6, 6.07) is 8.53. The van der Waals surface area contributed by atoms with Crippen LogP contribution in [0.2, 0.25) is 0 Å². The molecule has 3 heterocycles. The molecule has 0 atom stereocenters. The molecule has 2 N–H and O–H groups in total. The van der Waals surface area contributed by atoms with Crippen LogP contribution in [0.5, 0.6) is 5.88 Å². The number of hydrogen-bond donors (Lipinski definition) is 2. The van der Waals surface area contributed by atoms with Crippen LogP contribution in [-0.4, -0.2) is 37.7 Å². The van der Waals surface area contributed by atoms with Gasteiger partial charge < -0.3 is 15.4 Å². The summed E-state index contributed by atoms with van der Waals surface area (Å²) in [6.45, 7) is 3.52. The normalized spacial score (nSPS) is 11.2. The molecule has 0 bridgehead atoms. The molecule has 0 spiro atoms. The number of aryl methyl sites for hydroxylation is 1. The van der Waals surface area contributed by atoms with Crippen LogP contribution in [0.4, 0.5) is 26.1 Å². The summed E-state index contributed by atoms with van der Waals surface area (Å²) in [5, 5.41) is 9.91. The van der Waals surface area contributed by atoms with Gasteiger partial charge in [-0.3, -0.25) is 9.48 Å². The maximum absolute atomic E-state index is 13.8. The molecule has 11 heteroatoms. The number of carbonyl (C=O) groups is 1. The van der Waals surface area contributed by atoms with Gasteiger partial charge in [-0.25, -0.2) is 23.7 Å². The molecule has 0 radical (unpaired) electrons. The molecule has 1 aromatic carbocycles. The highest BCUT2D eigenvalue weighted by atomic mass is 19.3. The highest BCUT2D eigenvalue weighted by molar-refractivity contribution is 5.92. The number of carbonyl (C=O) groups excluding carboxylic acids is 1. The van der Waals surface area contributed by atoms with E-state index in [2.05, 4.69) is 30.7 Å². The Kier molecular flexibility index (Phi) is 7.18. The van der Waals surface area contributed by atoms with Crippen LogP contribution in [0.25, 0.3) is 11.1 Å². The number of hydrogen-bond acceptors (Lipinski definition) is 7. The Morgan fingerprint density at radius 3 is 2.36 bits per heavy atom. The van der Waals surface area contributed by atoms with Gasteiger partial charge in [-0.15, -0.1) is 0 Å². The summed E-state index contributed by atoms with van der Waals surface area (Å²) in [5.74, 6) is -3.24. The van der Waals surface area contributed by atoms with E-state index in [-0.39, 0.29) is 23.9 Å². The lowest BCUT2D eigenvalue weighted by Crippen LogP contribution is -2.16. The number of rotatable bonds is 9. The number of nitrogens with zero attached hydrogens (tertiary/aromatic N) is 5. The number of pyridine rings is 1. The second kappa shape index (κ2) is 10.5. The van der Waals surface area contributed by atoms with Gasteiger partial charge in [0.05, 0.1) is 42.9 Å². The lowest BCUT2D eigenvalue weighted by Gasteiger charge is -2.15. The van der Waals surface area contributed by atoms with E-state index in [1.54, 1.807) is 23.3 Å². The number of benzene rings is 1. The van der Waals surface area contributed by atoms with Crippen LogP contribution >= 0.6 is 0 Å². The van der Waals surface area contributed by atoms with Gasteiger partial charge in [0.25, 0.3) is 5.92 Å². The number of amides is 1. The molecule has 0 fully saturated rings. The van der Waals surface area contributed by atoms with Crippen LogP contribution < -0.4 is 15.4 Å². The van der Waals surface area contributed by atoms with Crippen molar-refractivity contribution in [1.82, 2.24) is 24.7 Å². The zero-order valence-corrected chi connectivity index (χ0v) is 20.0. The fourth-order valence-corrected chi connectivity index (χ4v) is 3.48. The lowest BCUT2D eigenvalue weighted by molar-refractivity contribution is -0.115. The van der Waals surface area contributed by atoms with Crippen molar-refractivity contribution in [3.63, 3.8) is 0 Å². The van der Waals surface area contributed by atoms with Crippen molar-refractivity contribution in [2.75, 3.05) is 17.7 Å². The maximum atomic E-state index is 13.8. The first-order chi connectivity index (χ1) is 17.2. The summed E-state index contributed by atoms with van der Waals surface area (Å²) in [4.78, 5) is 25.0. The number of alkyl halides is 2. The van der Waals surface area contributed by atoms with Gasteiger partial charge in [0.1, 0.15) is 0 Å². The predicted molar refractivity (Wildman–Crippen MR) is 131 cm³/mol.